The number of esters is 1. The number of aliphatic carboxylic acids is 1. The largest absolute Gasteiger partial charge is 0.477 e. The van der Waals surface area contributed by atoms with E-state index in [1.807, 2.05) is 18.2 Å². The Hall–Kier alpha value is -2.30. The van der Waals surface area contributed by atoms with E-state index in [1.54, 1.807) is 6.92 Å². The molecule has 1 aliphatic carbocycles. The molecule has 0 spiro atoms. The second-order valence-corrected chi connectivity index (χ2v) is 5.02. The fourth-order valence-electron chi connectivity index (χ4n) is 2.72. The molecule has 0 radical (unpaired) electrons. The lowest BCUT2D eigenvalue weighted by atomic mass is 9.81. The Kier molecular flexibility index (Phi) is 4.62. The van der Waals surface area contributed by atoms with Crippen LogP contribution in [0.3, 0.4) is 0 Å². The van der Waals surface area contributed by atoms with Crippen molar-refractivity contribution in [1.82, 2.24) is 0 Å². The van der Waals surface area contributed by atoms with Crippen LogP contribution in [-0.2, 0) is 20.7 Å². The maximum atomic E-state index is 11.7. The average Bonchev–Trinajstić information content (AvgIpc) is 2.45. The first kappa shape index (κ1) is 15.1. The molecule has 1 aromatic carbocycles. The number of carboxylic acids is 1. The highest BCUT2D eigenvalue weighted by molar-refractivity contribution is 6.13. The zero-order valence-electron chi connectivity index (χ0n) is 12.0. The van der Waals surface area contributed by atoms with Crippen LogP contribution in [0.5, 0.6) is 0 Å². The summed E-state index contributed by atoms with van der Waals surface area (Å²) in [5, 5.41) is 9.21. The molecule has 0 saturated heterocycles. The summed E-state index contributed by atoms with van der Waals surface area (Å²) in [4.78, 5) is 23.0. The maximum Gasteiger partial charge on any atom is 0.345 e. The van der Waals surface area contributed by atoms with Gasteiger partial charge in [-0.2, -0.15) is 0 Å². The summed E-state index contributed by atoms with van der Waals surface area (Å²) in [5.74, 6) is -2.17. The molecular formula is C16H19NO4. The summed E-state index contributed by atoms with van der Waals surface area (Å²) in [7, 11) is 0. The lowest BCUT2D eigenvalue weighted by molar-refractivity contribution is -0.143. The predicted molar refractivity (Wildman–Crippen MR) is 78.9 cm³/mol. The maximum absolute atomic E-state index is 11.7. The smallest absolute Gasteiger partial charge is 0.345 e. The van der Waals surface area contributed by atoms with Gasteiger partial charge in [0.1, 0.15) is 5.57 Å². The number of anilines is 1. The Morgan fingerprint density at radius 3 is 2.90 bits per heavy atom. The Morgan fingerprint density at radius 1 is 1.48 bits per heavy atom. The first-order valence-electron chi connectivity index (χ1n) is 7.04. The third kappa shape index (κ3) is 3.24. The lowest BCUT2D eigenvalue weighted by Crippen LogP contribution is -2.18. The minimum absolute atomic E-state index is 0.118. The van der Waals surface area contributed by atoms with E-state index in [0.717, 1.165) is 36.1 Å². The molecule has 5 heteroatoms. The molecule has 1 atom stereocenters. The number of nitrogen functional groups attached to an aromatic ring is 1. The van der Waals surface area contributed by atoms with Gasteiger partial charge in [0.2, 0.25) is 0 Å². The van der Waals surface area contributed by atoms with Gasteiger partial charge in [-0.1, -0.05) is 18.2 Å². The van der Waals surface area contributed by atoms with Gasteiger partial charge in [0, 0.05) is 11.6 Å². The van der Waals surface area contributed by atoms with Crippen molar-refractivity contribution >= 4 is 17.6 Å². The number of carbonyl (C=O) groups excluding carboxylic acids is 1. The molecule has 3 N–H and O–H groups in total. The van der Waals surface area contributed by atoms with Crippen LogP contribution in [0.25, 0.3) is 0 Å². The van der Waals surface area contributed by atoms with Gasteiger partial charge in [0.25, 0.3) is 0 Å². The van der Waals surface area contributed by atoms with Gasteiger partial charge in [-0.25, -0.2) is 9.59 Å². The third-order valence-electron chi connectivity index (χ3n) is 3.68. The van der Waals surface area contributed by atoms with Gasteiger partial charge >= 0.3 is 11.9 Å². The van der Waals surface area contributed by atoms with Crippen molar-refractivity contribution in [2.24, 2.45) is 0 Å². The van der Waals surface area contributed by atoms with Gasteiger partial charge in [-0.15, -0.1) is 0 Å². The van der Waals surface area contributed by atoms with Gasteiger partial charge < -0.3 is 15.6 Å². The van der Waals surface area contributed by atoms with Crippen LogP contribution in [0.4, 0.5) is 5.69 Å². The van der Waals surface area contributed by atoms with Gasteiger partial charge in [0.05, 0.1) is 6.61 Å². The number of hydrogen-bond donors (Lipinski definition) is 2. The third-order valence-corrected chi connectivity index (χ3v) is 3.68. The van der Waals surface area contributed by atoms with Crippen LogP contribution < -0.4 is 5.73 Å². The number of hydrogen-bond acceptors (Lipinski definition) is 4. The molecule has 0 heterocycles. The summed E-state index contributed by atoms with van der Waals surface area (Å²) in [6, 6.07) is 5.64. The van der Waals surface area contributed by atoms with E-state index < -0.39 is 11.9 Å². The van der Waals surface area contributed by atoms with E-state index in [0.29, 0.717) is 0 Å². The summed E-state index contributed by atoms with van der Waals surface area (Å²) >= 11 is 0. The Morgan fingerprint density at radius 2 is 2.24 bits per heavy atom. The molecule has 0 fully saturated rings. The summed E-state index contributed by atoms with van der Waals surface area (Å²) in [6.45, 7) is 1.80. The molecular weight excluding hydrogens is 270 g/mol. The summed E-state index contributed by atoms with van der Waals surface area (Å²) < 4.78 is 4.81. The summed E-state index contributed by atoms with van der Waals surface area (Å²) in [5.41, 5.74) is 8.44. The van der Waals surface area contributed by atoms with Crippen LogP contribution in [0.2, 0.25) is 0 Å². The van der Waals surface area contributed by atoms with Crippen LogP contribution >= 0.6 is 0 Å². The topological polar surface area (TPSA) is 89.6 Å². The quantitative estimate of drug-likeness (QED) is 0.292. The van der Waals surface area contributed by atoms with Gasteiger partial charge in [-0.05, 0) is 43.4 Å². The number of ether oxygens (including phenoxy) is 1. The van der Waals surface area contributed by atoms with Crippen LogP contribution in [0.1, 0.15) is 36.8 Å². The number of nitrogens with two attached hydrogens (primary N) is 1. The zero-order valence-corrected chi connectivity index (χ0v) is 12.0. The molecule has 0 aromatic heterocycles. The Labute approximate surface area is 123 Å². The van der Waals surface area contributed by atoms with Crippen molar-refractivity contribution in [3.8, 4) is 0 Å². The summed E-state index contributed by atoms with van der Waals surface area (Å²) in [6.07, 6.45) is 4.09. The number of carboxylic acid groups (broad SMARTS) is 1. The van der Waals surface area contributed by atoms with Gasteiger partial charge in [0.15, 0.2) is 0 Å². The van der Waals surface area contributed by atoms with Crippen molar-refractivity contribution in [2.45, 2.75) is 32.1 Å². The minimum Gasteiger partial charge on any atom is -0.477 e. The Balaban J connectivity index is 2.38. The highest BCUT2D eigenvalue weighted by Gasteiger charge is 2.25. The molecule has 5 nitrogen and oxygen atoms in total. The highest BCUT2D eigenvalue weighted by atomic mass is 16.5. The SMILES string of the molecule is CCOC(=O)C(=CC1CCCc2c(N)cccc21)C(=O)O. The molecule has 0 saturated carbocycles. The number of benzene rings is 1. The van der Waals surface area contributed by atoms with Crippen LogP contribution in [0, 0.1) is 0 Å². The molecule has 0 bridgehead atoms. The second kappa shape index (κ2) is 6.43. The van der Waals surface area contributed by atoms with E-state index in [1.165, 1.54) is 6.08 Å². The van der Waals surface area contributed by atoms with Crippen molar-refractivity contribution in [3.05, 3.63) is 41.0 Å². The average molecular weight is 289 g/mol. The van der Waals surface area contributed by atoms with E-state index >= 15 is 0 Å². The number of carbonyl (C=O) groups is 2. The fourth-order valence-corrected chi connectivity index (χ4v) is 2.72. The fraction of sp³-hybridized carbons (Fsp3) is 0.375. The van der Waals surface area contributed by atoms with E-state index in [4.69, 9.17) is 10.5 Å². The first-order valence-corrected chi connectivity index (χ1v) is 7.04. The van der Waals surface area contributed by atoms with Crippen molar-refractivity contribution in [2.75, 3.05) is 12.3 Å². The number of fused-ring (bicyclic) bond motifs is 1. The number of allylic oxidation sites excluding steroid dienone is 1. The molecule has 1 unspecified atom stereocenters. The molecule has 0 amide bonds. The zero-order chi connectivity index (χ0) is 15.4. The van der Waals surface area contributed by atoms with E-state index in [2.05, 4.69) is 0 Å². The first-order chi connectivity index (χ1) is 10.0. The standard InChI is InChI=1S/C16H19NO4/c1-2-21-16(20)13(15(18)19)9-10-5-3-7-12-11(10)6-4-8-14(12)17/h4,6,8-10H,2-3,5,7,17H2,1H3,(H,18,19). The van der Waals surface area contributed by atoms with Crippen LogP contribution in [0.15, 0.2) is 29.8 Å². The predicted octanol–water partition coefficient (Wildman–Crippen LogP) is 2.26. The van der Waals surface area contributed by atoms with Crippen LogP contribution in [-0.4, -0.2) is 23.7 Å². The van der Waals surface area contributed by atoms with Crippen molar-refractivity contribution < 1.29 is 19.4 Å². The second-order valence-electron chi connectivity index (χ2n) is 5.02. The van der Waals surface area contributed by atoms with E-state index in [9.17, 15) is 14.7 Å². The van der Waals surface area contributed by atoms with Crippen molar-refractivity contribution in [3.63, 3.8) is 0 Å². The minimum atomic E-state index is -1.26. The number of rotatable bonds is 4. The molecule has 21 heavy (non-hydrogen) atoms. The Bertz CT molecular complexity index is 592. The monoisotopic (exact) mass is 289 g/mol. The molecule has 2 rings (SSSR count). The van der Waals surface area contributed by atoms with Crippen molar-refractivity contribution in [1.29, 1.82) is 0 Å². The highest BCUT2D eigenvalue weighted by Crippen LogP contribution is 2.36. The molecule has 1 aromatic rings. The van der Waals surface area contributed by atoms with E-state index in [-0.39, 0.29) is 18.1 Å². The molecule has 112 valence electrons. The molecule has 1 aliphatic rings. The van der Waals surface area contributed by atoms with Gasteiger partial charge in [-0.3, -0.25) is 0 Å². The lowest BCUT2D eigenvalue weighted by Gasteiger charge is -2.24. The normalized spacial score (nSPS) is 18.0. The molecule has 0 aliphatic heterocycles.